The maximum atomic E-state index is 12.0. The van der Waals surface area contributed by atoms with Gasteiger partial charge in [0.15, 0.2) is 18.1 Å². The van der Waals surface area contributed by atoms with Gasteiger partial charge in [0.05, 0.1) is 21.3 Å². The fourth-order valence-electron chi connectivity index (χ4n) is 3.33. The summed E-state index contributed by atoms with van der Waals surface area (Å²) in [5.74, 6) is 1.02. The lowest BCUT2D eigenvalue weighted by Crippen LogP contribution is -2.42. The first kappa shape index (κ1) is 21.6. The lowest BCUT2D eigenvalue weighted by atomic mass is 9.86. The Morgan fingerprint density at radius 2 is 1.71 bits per heavy atom. The van der Waals surface area contributed by atoms with Gasteiger partial charge in [0.2, 0.25) is 5.75 Å². The first-order valence-electron chi connectivity index (χ1n) is 9.42. The molecule has 28 heavy (non-hydrogen) atoms. The SMILES string of the molecule is COc1cc(/C=C/C(=O)OCC(=O)N[C@@H]2CCCC[C@H]2C)cc(OC)c1OC. The second-order valence-electron chi connectivity index (χ2n) is 6.84. The van der Waals surface area contributed by atoms with Gasteiger partial charge in [0.25, 0.3) is 5.91 Å². The normalized spacial score (nSPS) is 19.1. The number of methoxy groups -OCH3 is 3. The van der Waals surface area contributed by atoms with E-state index in [2.05, 4.69) is 12.2 Å². The van der Waals surface area contributed by atoms with Crippen LogP contribution in [0.15, 0.2) is 18.2 Å². The third-order valence-corrected chi connectivity index (χ3v) is 4.90. The van der Waals surface area contributed by atoms with Gasteiger partial charge in [0, 0.05) is 12.1 Å². The van der Waals surface area contributed by atoms with Crippen molar-refractivity contribution < 1.29 is 28.5 Å². The third-order valence-electron chi connectivity index (χ3n) is 4.90. The molecule has 1 saturated carbocycles. The average molecular weight is 391 g/mol. The van der Waals surface area contributed by atoms with Gasteiger partial charge in [-0.05, 0) is 42.5 Å². The minimum absolute atomic E-state index is 0.162. The number of esters is 1. The van der Waals surface area contributed by atoms with E-state index in [1.807, 2.05) is 0 Å². The van der Waals surface area contributed by atoms with Crippen molar-refractivity contribution in [3.05, 3.63) is 23.8 Å². The highest BCUT2D eigenvalue weighted by atomic mass is 16.5. The van der Waals surface area contributed by atoms with Crippen LogP contribution in [-0.2, 0) is 14.3 Å². The van der Waals surface area contributed by atoms with Crippen molar-refractivity contribution >= 4 is 18.0 Å². The number of hydrogen-bond acceptors (Lipinski definition) is 6. The fourth-order valence-corrected chi connectivity index (χ4v) is 3.33. The molecule has 1 fully saturated rings. The maximum absolute atomic E-state index is 12.0. The van der Waals surface area contributed by atoms with Crippen LogP contribution < -0.4 is 19.5 Å². The van der Waals surface area contributed by atoms with Gasteiger partial charge in [-0.1, -0.05) is 19.8 Å². The van der Waals surface area contributed by atoms with Crippen molar-refractivity contribution in [2.75, 3.05) is 27.9 Å². The van der Waals surface area contributed by atoms with Gasteiger partial charge >= 0.3 is 5.97 Å². The quantitative estimate of drug-likeness (QED) is 0.542. The highest BCUT2D eigenvalue weighted by Crippen LogP contribution is 2.38. The van der Waals surface area contributed by atoms with Crippen LogP contribution in [0, 0.1) is 5.92 Å². The van der Waals surface area contributed by atoms with Crippen molar-refractivity contribution in [1.29, 1.82) is 0 Å². The lowest BCUT2D eigenvalue weighted by Gasteiger charge is -2.29. The summed E-state index contributed by atoms with van der Waals surface area (Å²) in [5.41, 5.74) is 0.673. The standard InChI is InChI=1S/C21H29NO6/c1-14-7-5-6-8-16(14)22-19(23)13-28-20(24)10-9-15-11-17(25-2)21(27-4)18(12-15)26-3/h9-12,14,16H,5-8,13H2,1-4H3,(H,22,23)/b10-9+/t14-,16-/m1/s1. The predicted molar refractivity (Wildman–Crippen MR) is 106 cm³/mol. The van der Waals surface area contributed by atoms with E-state index in [1.165, 1.54) is 33.8 Å². The first-order valence-corrected chi connectivity index (χ1v) is 9.42. The van der Waals surface area contributed by atoms with Crippen LogP contribution in [0.25, 0.3) is 6.08 Å². The average Bonchev–Trinajstić information content (AvgIpc) is 2.71. The number of hydrogen-bond donors (Lipinski definition) is 1. The fraction of sp³-hybridized carbons (Fsp3) is 0.524. The number of nitrogens with one attached hydrogen (secondary N) is 1. The van der Waals surface area contributed by atoms with Crippen LogP contribution in [0.5, 0.6) is 17.2 Å². The van der Waals surface area contributed by atoms with E-state index >= 15 is 0 Å². The Kier molecular flexibility index (Phi) is 8.17. The minimum Gasteiger partial charge on any atom is -0.493 e. The maximum Gasteiger partial charge on any atom is 0.331 e. The summed E-state index contributed by atoms with van der Waals surface area (Å²) in [7, 11) is 4.56. The smallest absolute Gasteiger partial charge is 0.331 e. The van der Waals surface area contributed by atoms with Gasteiger partial charge in [-0.2, -0.15) is 0 Å². The van der Waals surface area contributed by atoms with Crippen LogP contribution in [-0.4, -0.2) is 45.9 Å². The third kappa shape index (κ3) is 5.90. The molecule has 1 amide bonds. The van der Waals surface area contributed by atoms with E-state index in [9.17, 15) is 9.59 Å². The monoisotopic (exact) mass is 391 g/mol. The number of carbonyl (C=O) groups is 2. The molecule has 1 N–H and O–H groups in total. The zero-order valence-electron chi connectivity index (χ0n) is 16.9. The van der Waals surface area contributed by atoms with Crippen molar-refractivity contribution in [3.63, 3.8) is 0 Å². The molecule has 7 heteroatoms. The molecule has 0 aliphatic heterocycles. The summed E-state index contributed by atoms with van der Waals surface area (Å²) in [4.78, 5) is 23.9. The summed E-state index contributed by atoms with van der Waals surface area (Å²) >= 11 is 0. The Balaban J connectivity index is 1.90. The molecule has 1 aromatic carbocycles. The Bertz CT molecular complexity index is 690. The number of benzene rings is 1. The Labute approximate surface area is 166 Å². The molecule has 0 spiro atoms. The molecule has 1 aliphatic carbocycles. The van der Waals surface area contributed by atoms with E-state index < -0.39 is 5.97 Å². The van der Waals surface area contributed by atoms with Crippen molar-refractivity contribution in [2.45, 2.75) is 38.6 Å². The van der Waals surface area contributed by atoms with Gasteiger partial charge in [-0.15, -0.1) is 0 Å². The molecule has 2 rings (SSSR count). The van der Waals surface area contributed by atoms with E-state index in [1.54, 1.807) is 18.2 Å². The van der Waals surface area contributed by atoms with Crippen LogP contribution in [0.3, 0.4) is 0 Å². The summed E-state index contributed by atoms with van der Waals surface area (Å²) in [6.45, 7) is 1.85. The van der Waals surface area contributed by atoms with Crippen molar-refractivity contribution in [3.8, 4) is 17.2 Å². The molecule has 0 saturated heterocycles. The second-order valence-corrected chi connectivity index (χ2v) is 6.84. The number of ether oxygens (including phenoxy) is 4. The molecular weight excluding hydrogens is 362 g/mol. The number of carbonyl (C=O) groups excluding carboxylic acids is 2. The highest BCUT2D eigenvalue weighted by molar-refractivity contribution is 5.89. The second kappa shape index (κ2) is 10.6. The molecule has 7 nitrogen and oxygen atoms in total. The Morgan fingerprint density at radius 1 is 1.07 bits per heavy atom. The highest BCUT2D eigenvalue weighted by Gasteiger charge is 2.23. The molecule has 2 atom stereocenters. The summed E-state index contributed by atoms with van der Waals surface area (Å²) in [6.07, 6.45) is 7.23. The molecule has 0 unspecified atom stereocenters. The van der Waals surface area contributed by atoms with Crippen molar-refractivity contribution in [1.82, 2.24) is 5.32 Å². The number of rotatable bonds is 8. The van der Waals surface area contributed by atoms with Crippen LogP contribution in [0.1, 0.15) is 38.2 Å². The molecule has 0 radical (unpaired) electrons. The van der Waals surface area contributed by atoms with Crippen LogP contribution >= 0.6 is 0 Å². The van der Waals surface area contributed by atoms with Crippen LogP contribution in [0.4, 0.5) is 0 Å². The van der Waals surface area contributed by atoms with Gasteiger partial charge in [-0.25, -0.2) is 4.79 Å². The summed E-state index contributed by atoms with van der Waals surface area (Å²) in [6, 6.07) is 3.58. The van der Waals surface area contributed by atoms with E-state index in [4.69, 9.17) is 18.9 Å². The van der Waals surface area contributed by atoms with Gasteiger partial charge in [0.1, 0.15) is 0 Å². The van der Waals surface area contributed by atoms with Gasteiger partial charge in [-0.3, -0.25) is 4.79 Å². The molecule has 1 aliphatic rings. The molecule has 0 bridgehead atoms. The lowest BCUT2D eigenvalue weighted by molar-refractivity contribution is -0.144. The molecule has 0 heterocycles. The predicted octanol–water partition coefficient (Wildman–Crippen LogP) is 2.96. The molecular formula is C21H29NO6. The topological polar surface area (TPSA) is 83.1 Å². The Morgan fingerprint density at radius 3 is 2.29 bits per heavy atom. The van der Waals surface area contributed by atoms with E-state index in [-0.39, 0.29) is 18.6 Å². The van der Waals surface area contributed by atoms with E-state index in [0.717, 1.165) is 19.3 Å². The summed E-state index contributed by atoms with van der Waals surface area (Å²) < 4.78 is 20.9. The Hall–Kier alpha value is -2.70. The van der Waals surface area contributed by atoms with Gasteiger partial charge < -0.3 is 24.3 Å². The number of amides is 1. The molecule has 0 aromatic heterocycles. The molecule has 1 aromatic rings. The minimum atomic E-state index is -0.597. The zero-order chi connectivity index (χ0) is 20.5. The van der Waals surface area contributed by atoms with E-state index in [0.29, 0.717) is 28.7 Å². The van der Waals surface area contributed by atoms with Crippen molar-refractivity contribution in [2.24, 2.45) is 5.92 Å². The molecule has 154 valence electrons. The summed E-state index contributed by atoms with van der Waals surface area (Å²) in [5, 5.41) is 2.95. The largest absolute Gasteiger partial charge is 0.493 e. The first-order chi connectivity index (χ1) is 13.5. The van der Waals surface area contributed by atoms with Crippen LogP contribution in [0.2, 0.25) is 0 Å². The zero-order valence-corrected chi connectivity index (χ0v) is 16.9.